The highest BCUT2D eigenvalue weighted by Crippen LogP contribution is 2.50. The summed E-state index contributed by atoms with van der Waals surface area (Å²) in [6.45, 7) is 3.37. The molecule has 0 bridgehead atoms. The van der Waals surface area contributed by atoms with Crippen molar-refractivity contribution in [1.29, 1.82) is 0 Å². The summed E-state index contributed by atoms with van der Waals surface area (Å²) < 4.78 is 47.1. The third-order valence-electron chi connectivity index (χ3n) is 10.7. The molecule has 278 valence electrons. The van der Waals surface area contributed by atoms with Crippen LogP contribution in [0.2, 0.25) is 0 Å². The molecule has 9 rings (SSSR count). The maximum Gasteiger partial charge on any atom is 0.315 e. The molecule has 6 aromatic rings. The summed E-state index contributed by atoms with van der Waals surface area (Å²) in [7, 11) is 0. The zero-order valence-corrected chi connectivity index (χ0v) is 30.6. The van der Waals surface area contributed by atoms with Gasteiger partial charge in [0.15, 0.2) is 34.5 Å². The van der Waals surface area contributed by atoms with Gasteiger partial charge in [-0.15, -0.1) is 0 Å². The Morgan fingerprint density at radius 3 is 1.85 bits per heavy atom. The van der Waals surface area contributed by atoms with Crippen LogP contribution >= 0.6 is 0 Å². The third-order valence-corrected chi connectivity index (χ3v) is 10.7. The van der Waals surface area contributed by atoms with Crippen molar-refractivity contribution in [2.24, 2.45) is 0 Å². The van der Waals surface area contributed by atoms with Gasteiger partial charge < -0.3 is 37.9 Å². The molecule has 6 aromatic carbocycles. The number of esters is 1. The largest absolute Gasteiger partial charge is 0.494 e. The first-order valence-electron chi connectivity index (χ1n) is 19.3. The number of benzene rings is 6. The molecule has 0 aliphatic carbocycles. The minimum atomic E-state index is -0.403. The van der Waals surface area contributed by atoms with Crippen molar-refractivity contribution >= 4 is 49.1 Å². The van der Waals surface area contributed by atoms with E-state index in [0.29, 0.717) is 46.9 Å². The van der Waals surface area contributed by atoms with Crippen LogP contribution in [0.4, 0.5) is 0 Å². The van der Waals surface area contributed by atoms with Crippen LogP contribution in [0.15, 0.2) is 66.7 Å². The average molecular weight is 729 g/mol. The van der Waals surface area contributed by atoms with Crippen LogP contribution in [0.5, 0.6) is 46.0 Å². The van der Waals surface area contributed by atoms with E-state index in [9.17, 15) is 4.79 Å². The van der Waals surface area contributed by atoms with Gasteiger partial charge in [0.1, 0.15) is 11.5 Å². The fraction of sp³-hybridized carbons (Fsp3) is 0.356. The minimum Gasteiger partial charge on any atom is -0.494 e. The Morgan fingerprint density at radius 2 is 1.13 bits per heavy atom. The molecule has 0 fully saturated rings. The summed E-state index contributed by atoms with van der Waals surface area (Å²) in [4.78, 5) is 13.7. The first kappa shape index (κ1) is 34.2. The number of fused-ring (bicyclic) bond motifs is 11. The maximum absolute atomic E-state index is 13.7. The fourth-order valence-electron chi connectivity index (χ4n) is 7.97. The number of unbranched alkanes of at least 4 members (excludes halogenated alkanes) is 9. The SMILES string of the molecule is CCCCCCCCCCCCOc1ccc2c(c1)c1cc3c(cc1c1c(OC(=O)Cc4ccc5c(c4)OCO5)cc4cc5c(cc4c21)OCO5)OCO3. The Kier molecular flexibility index (Phi) is 9.53. The van der Waals surface area contributed by atoms with E-state index in [1.807, 2.05) is 54.6 Å². The van der Waals surface area contributed by atoms with E-state index in [2.05, 4.69) is 19.1 Å². The lowest BCUT2D eigenvalue weighted by molar-refractivity contribution is -0.133. The van der Waals surface area contributed by atoms with Gasteiger partial charge in [0.05, 0.1) is 13.0 Å². The van der Waals surface area contributed by atoms with Gasteiger partial charge in [-0.2, -0.15) is 0 Å². The summed E-state index contributed by atoms with van der Waals surface area (Å²) in [5, 5.41) is 7.34. The van der Waals surface area contributed by atoms with Crippen molar-refractivity contribution in [2.75, 3.05) is 27.0 Å². The molecule has 9 heteroatoms. The number of carbonyl (C=O) groups excluding carboxylic acids is 1. The van der Waals surface area contributed by atoms with Gasteiger partial charge in [0.25, 0.3) is 0 Å². The molecule has 3 heterocycles. The minimum absolute atomic E-state index is 0.0505. The molecule has 0 N–H and O–H groups in total. The highest BCUT2D eigenvalue weighted by Gasteiger charge is 2.25. The van der Waals surface area contributed by atoms with Crippen LogP contribution in [-0.4, -0.2) is 33.0 Å². The van der Waals surface area contributed by atoms with Crippen LogP contribution in [-0.2, 0) is 11.2 Å². The predicted octanol–water partition coefficient (Wildman–Crippen LogP) is 10.9. The fourth-order valence-corrected chi connectivity index (χ4v) is 7.97. The molecular formula is C45H44O9. The lowest BCUT2D eigenvalue weighted by atomic mass is 9.90. The summed E-state index contributed by atoms with van der Waals surface area (Å²) in [5.41, 5.74) is 0.765. The number of hydrogen-bond acceptors (Lipinski definition) is 9. The lowest BCUT2D eigenvalue weighted by Gasteiger charge is -2.18. The van der Waals surface area contributed by atoms with Crippen LogP contribution in [0.1, 0.15) is 76.7 Å². The van der Waals surface area contributed by atoms with E-state index in [1.165, 1.54) is 51.4 Å². The lowest BCUT2D eigenvalue weighted by Crippen LogP contribution is -2.11. The number of rotatable bonds is 15. The smallest absolute Gasteiger partial charge is 0.315 e. The normalized spacial score (nSPS) is 13.8. The second-order valence-corrected chi connectivity index (χ2v) is 14.4. The van der Waals surface area contributed by atoms with Gasteiger partial charge in [0, 0.05) is 10.8 Å². The Labute approximate surface area is 313 Å². The van der Waals surface area contributed by atoms with E-state index in [1.54, 1.807) is 0 Å². The zero-order valence-electron chi connectivity index (χ0n) is 30.6. The van der Waals surface area contributed by atoms with Crippen molar-refractivity contribution in [3.05, 3.63) is 72.3 Å². The zero-order chi connectivity index (χ0) is 36.4. The molecule has 54 heavy (non-hydrogen) atoms. The van der Waals surface area contributed by atoms with Crippen LogP contribution in [0.25, 0.3) is 43.1 Å². The molecule has 0 unspecified atom stereocenters. The van der Waals surface area contributed by atoms with E-state index in [0.717, 1.165) is 67.2 Å². The van der Waals surface area contributed by atoms with Crippen LogP contribution < -0.4 is 37.9 Å². The second kappa shape index (κ2) is 15.0. The third kappa shape index (κ3) is 6.72. The quantitative estimate of drug-likeness (QED) is 0.0443. The van der Waals surface area contributed by atoms with Crippen molar-refractivity contribution in [3.8, 4) is 46.0 Å². The first-order valence-corrected chi connectivity index (χ1v) is 19.3. The Hall–Kier alpha value is -5.57. The van der Waals surface area contributed by atoms with Crippen LogP contribution in [0, 0.1) is 0 Å². The van der Waals surface area contributed by atoms with Gasteiger partial charge in [-0.1, -0.05) is 76.8 Å². The molecule has 0 saturated heterocycles. The molecule has 0 aromatic heterocycles. The van der Waals surface area contributed by atoms with Crippen molar-refractivity contribution in [1.82, 2.24) is 0 Å². The summed E-state index contributed by atoms with van der Waals surface area (Å²) in [6, 6.07) is 21.7. The van der Waals surface area contributed by atoms with Crippen molar-refractivity contribution in [2.45, 2.75) is 77.6 Å². The molecule has 0 amide bonds. The molecule has 0 atom stereocenters. The second-order valence-electron chi connectivity index (χ2n) is 14.4. The highest BCUT2D eigenvalue weighted by atomic mass is 16.7. The molecule has 0 saturated carbocycles. The van der Waals surface area contributed by atoms with E-state index in [4.69, 9.17) is 37.9 Å². The standard InChI is InChI=1S/C45H44O9/c1-2-3-4-5-6-7-8-9-10-11-16-47-30-13-14-31-33(21-30)34-23-40-41(53-27-52-40)24-35(34)45-42(20-29-19-38-39(51-26-50-38)22-32(29)44(31)45)54-43(46)18-28-12-15-36-37(17-28)49-25-48-36/h12-15,17,19-24H,2-11,16,18,25-27H2,1H3. The first-order chi connectivity index (χ1) is 26.6. The Morgan fingerprint density at radius 1 is 0.537 bits per heavy atom. The molecule has 0 spiro atoms. The van der Waals surface area contributed by atoms with Crippen LogP contribution in [0.3, 0.4) is 0 Å². The summed E-state index contributed by atoms with van der Waals surface area (Å²) in [5.74, 6) is 4.76. The van der Waals surface area contributed by atoms with E-state index >= 15 is 0 Å². The monoisotopic (exact) mass is 728 g/mol. The maximum atomic E-state index is 13.7. The topological polar surface area (TPSA) is 90.9 Å². The Bertz CT molecular complexity index is 2380. The molecule has 3 aliphatic rings. The summed E-state index contributed by atoms with van der Waals surface area (Å²) in [6.07, 6.45) is 12.8. The van der Waals surface area contributed by atoms with Gasteiger partial charge >= 0.3 is 5.97 Å². The predicted molar refractivity (Wildman–Crippen MR) is 208 cm³/mol. The molecule has 0 radical (unpaired) electrons. The van der Waals surface area contributed by atoms with E-state index in [-0.39, 0.29) is 26.8 Å². The van der Waals surface area contributed by atoms with Gasteiger partial charge in [0.2, 0.25) is 20.4 Å². The number of ether oxygens (including phenoxy) is 8. The highest BCUT2D eigenvalue weighted by molar-refractivity contribution is 6.33. The van der Waals surface area contributed by atoms with Crippen molar-refractivity contribution in [3.63, 3.8) is 0 Å². The Balaban J connectivity index is 1.07. The van der Waals surface area contributed by atoms with Crippen molar-refractivity contribution < 1.29 is 42.7 Å². The molecular weight excluding hydrogens is 684 g/mol. The number of carbonyl (C=O) groups is 1. The van der Waals surface area contributed by atoms with Gasteiger partial charge in [-0.05, 0) is 98.9 Å². The summed E-state index contributed by atoms with van der Waals surface area (Å²) >= 11 is 0. The number of hydrogen-bond donors (Lipinski definition) is 0. The van der Waals surface area contributed by atoms with Gasteiger partial charge in [-0.3, -0.25) is 4.79 Å². The average Bonchev–Trinajstić information content (AvgIpc) is 3.96. The molecule has 3 aliphatic heterocycles. The van der Waals surface area contributed by atoms with Gasteiger partial charge in [-0.25, -0.2) is 0 Å². The molecule has 9 nitrogen and oxygen atoms in total. The van der Waals surface area contributed by atoms with E-state index < -0.39 is 5.97 Å².